The minimum atomic E-state index is -2.10. The zero-order valence-corrected chi connectivity index (χ0v) is 9.31. The lowest BCUT2D eigenvalue weighted by atomic mass is 10.1. The molecular weight excluding hydrogens is 188 g/mol. The van der Waals surface area contributed by atoms with Crippen LogP contribution in [-0.2, 0) is 15.5 Å². The van der Waals surface area contributed by atoms with Crippen LogP contribution in [0.5, 0.6) is 0 Å². The summed E-state index contributed by atoms with van der Waals surface area (Å²) in [4.78, 5) is 0. The molecule has 0 saturated carbocycles. The van der Waals surface area contributed by atoms with Gasteiger partial charge >= 0.3 is 11.4 Å². The third-order valence-corrected chi connectivity index (χ3v) is 2.49. The van der Waals surface area contributed by atoms with Crippen molar-refractivity contribution in [1.82, 2.24) is 0 Å². The second-order valence-corrected chi connectivity index (χ2v) is 3.82. The molecule has 0 fully saturated rings. The van der Waals surface area contributed by atoms with Crippen LogP contribution in [0.3, 0.4) is 0 Å². The van der Waals surface area contributed by atoms with Gasteiger partial charge in [0.25, 0.3) is 0 Å². The van der Waals surface area contributed by atoms with E-state index in [9.17, 15) is 4.21 Å². The van der Waals surface area contributed by atoms with Crippen molar-refractivity contribution >= 4 is 11.4 Å². The van der Waals surface area contributed by atoms with Crippen molar-refractivity contribution in [1.29, 1.82) is 0 Å². The summed E-state index contributed by atoms with van der Waals surface area (Å²) in [5, 5.41) is 0. The van der Waals surface area contributed by atoms with Gasteiger partial charge in [-0.2, -0.15) is 4.21 Å². The highest BCUT2D eigenvalue weighted by molar-refractivity contribution is 7.74. The van der Waals surface area contributed by atoms with Crippen LogP contribution in [0.15, 0.2) is 0 Å². The van der Waals surface area contributed by atoms with E-state index in [0.29, 0.717) is 0 Å². The van der Waals surface area contributed by atoms with Gasteiger partial charge in [0, 0.05) is 0 Å². The molecule has 0 aliphatic rings. The summed E-state index contributed by atoms with van der Waals surface area (Å²) in [5.41, 5.74) is 0. The molecule has 0 aromatic carbocycles. The van der Waals surface area contributed by atoms with Crippen molar-refractivity contribution in [3.63, 3.8) is 0 Å². The average molecular weight is 208 g/mol. The predicted octanol–water partition coefficient (Wildman–Crippen LogP) is 2.89. The highest BCUT2D eigenvalue weighted by atomic mass is 32.2. The summed E-state index contributed by atoms with van der Waals surface area (Å²) >= 11 is -2.10. The Bertz CT molecular complexity index is 139. The Morgan fingerprint density at radius 2 is 2.00 bits per heavy atom. The van der Waals surface area contributed by atoms with Gasteiger partial charge in [-0.1, -0.05) is 39.5 Å². The van der Waals surface area contributed by atoms with Crippen LogP contribution >= 0.6 is 0 Å². The normalized spacial score (nSPS) is 15.6. The first-order chi connectivity index (χ1) is 6.20. The smallest absolute Gasteiger partial charge is 0.284 e. The summed E-state index contributed by atoms with van der Waals surface area (Å²) in [6, 6.07) is 0. The lowest BCUT2D eigenvalue weighted by Crippen LogP contribution is -2.12. The number of rotatable bonds is 8. The molecule has 0 saturated heterocycles. The molecule has 0 spiro atoms. The molecule has 0 rings (SSSR count). The van der Waals surface area contributed by atoms with Gasteiger partial charge in [-0.05, 0) is 12.8 Å². The largest absolute Gasteiger partial charge is 0.302 e. The maximum atomic E-state index is 10.3. The Labute approximate surface area is 83.4 Å². The van der Waals surface area contributed by atoms with Crippen LogP contribution in [0.2, 0.25) is 0 Å². The zero-order chi connectivity index (χ0) is 10.1. The van der Waals surface area contributed by atoms with Crippen LogP contribution in [0.25, 0.3) is 0 Å². The zero-order valence-electron chi connectivity index (χ0n) is 8.49. The number of hydrogen-bond donors (Lipinski definition) is 1. The van der Waals surface area contributed by atoms with Gasteiger partial charge in [0.1, 0.15) is 0 Å². The van der Waals surface area contributed by atoms with Crippen molar-refractivity contribution in [2.24, 2.45) is 0 Å². The summed E-state index contributed by atoms with van der Waals surface area (Å²) in [6.45, 7) is 4.13. The van der Waals surface area contributed by atoms with E-state index in [1.54, 1.807) is 0 Å². The lowest BCUT2D eigenvalue weighted by molar-refractivity contribution is 0.185. The third kappa shape index (κ3) is 8.40. The van der Waals surface area contributed by atoms with Crippen molar-refractivity contribution < 1.29 is 12.9 Å². The standard InChI is InChI=1S/C9H20O3S/c1-3-5-6-7-8-9(4-2)12-13(10)11/h9H,3-8H2,1-2H3,(H,10,11). The Kier molecular flexibility index (Phi) is 8.71. The van der Waals surface area contributed by atoms with E-state index >= 15 is 0 Å². The molecule has 2 unspecified atom stereocenters. The van der Waals surface area contributed by atoms with Gasteiger partial charge < -0.3 is 0 Å². The predicted molar refractivity (Wildman–Crippen MR) is 54.7 cm³/mol. The minimum absolute atomic E-state index is 0.0531. The Hall–Kier alpha value is 0.0700. The number of hydrogen-bond acceptors (Lipinski definition) is 2. The fourth-order valence-corrected chi connectivity index (χ4v) is 1.70. The summed E-state index contributed by atoms with van der Waals surface area (Å²) in [7, 11) is 0. The van der Waals surface area contributed by atoms with Crippen molar-refractivity contribution in [2.75, 3.05) is 0 Å². The van der Waals surface area contributed by atoms with E-state index in [0.717, 1.165) is 19.3 Å². The Morgan fingerprint density at radius 1 is 1.31 bits per heavy atom. The topological polar surface area (TPSA) is 46.5 Å². The molecule has 0 aromatic rings. The van der Waals surface area contributed by atoms with Gasteiger partial charge in [0.05, 0.1) is 6.10 Å². The second-order valence-electron chi connectivity index (χ2n) is 3.19. The van der Waals surface area contributed by atoms with E-state index in [1.165, 1.54) is 19.3 Å². The maximum absolute atomic E-state index is 10.3. The minimum Gasteiger partial charge on any atom is -0.284 e. The summed E-state index contributed by atoms with van der Waals surface area (Å²) in [5.74, 6) is 0. The van der Waals surface area contributed by atoms with Gasteiger partial charge in [-0.25, -0.2) is 0 Å². The molecule has 2 atom stereocenters. The van der Waals surface area contributed by atoms with Crippen LogP contribution < -0.4 is 0 Å². The maximum Gasteiger partial charge on any atom is 0.302 e. The molecule has 0 aliphatic carbocycles. The van der Waals surface area contributed by atoms with E-state index in [4.69, 9.17) is 8.74 Å². The van der Waals surface area contributed by atoms with Crippen LogP contribution in [-0.4, -0.2) is 14.9 Å². The average Bonchev–Trinajstić information content (AvgIpc) is 2.09. The molecule has 0 amide bonds. The molecule has 0 bridgehead atoms. The summed E-state index contributed by atoms with van der Waals surface area (Å²) in [6.07, 6.45) is 6.37. The first kappa shape index (κ1) is 13.1. The fourth-order valence-electron chi connectivity index (χ4n) is 1.24. The van der Waals surface area contributed by atoms with Crippen LogP contribution in [0, 0.1) is 0 Å². The molecule has 0 aliphatic heterocycles. The van der Waals surface area contributed by atoms with E-state index in [-0.39, 0.29) is 6.10 Å². The van der Waals surface area contributed by atoms with Gasteiger partial charge in [-0.15, -0.1) is 0 Å². The van der Waals surface area contributed by atoms with Crippen molar-refractivity contribution in [3.8, 4) is 0 Å². The Morgan fingerprint density at radius 3 is 2.46 bits per heavy atom. The third-order valence-electron chi connectivity index (χ3n) is 2.05. The summed E-state index contributed by atoms with van der Waals surface area (Å²) < 4.78 is 23.7. The van der Waals surface area contributed by atoms with E-state index in [1.807, 2.05) is 6.92 Å². The molecular formula is C9H20O3S. The van der Waals surface area contributed by atoms with Crippen molar-refractivity contribution in [2.45, 2.75) is 58.5 Å². The number of unbranched alkanes of at least 4 members (excludes halogenated alkanes) is 3. The highest BCUT2D eigenvalue weighted by Crippen LogP contribution is 2.11. The Balaban J connectivity index is 3.42. The first-order valence-electron chi connectivity index (χ1n) is 4.98. The molecule has 0 heterocycles. The van der Waals surface area contributed by atoms with Crippen LogP contribution in [0.1, 0.15) is 52.4 Å². The molecule has 4 heteroatoms. The fraction of sp³-hybridized carbons (Fsp3) is 1.00. The quantitative estimate of drug-likeness (QED) is 0.493. The molecule has 3 nitrogen and oxygen atoms in total. The SMILES string of the molecule is CCCCCCC(CC)OS(=O)O. The van der Waals surface area contributed by atoms with Crippen molar-refractivity contribution in [3.05, 3.63) is 0 Å². The molecule has 13 heavy (non-hydrogen) atoms. The molecule has 0 radical (unpaired) electrons. The highest BCUT2D eigenvalue weighted by Gasteiger charge is 2.08. The second kappa shape index (κ2) is 8.66. The lowest BCUT2D eigenvalue weighted by Gasteiger charge is -2.11. The van der Waals surface area contributed by atoms with Gasteiger partial charge in [0.2, 0.25) is 0 Å². The molecule has 0 aromatic heterocycles. The van der Waals surface area contributed by atoms with Gasteiger partial charge in [0.15, 0.2) is 0 Å². The van der Waals surface area contributed by atoms with E-state index < -0.39 is 11.4 Å². The first-order valence-corrected chi connectivity index (χ1v) is 6.01. The van der Waals surface area contributed by atoms with E-state index in [2.05, 4.69) is 6.92 Å². The monoisotopic (exact) mass is 208 g/mol. The van der Waals surface area contributed by atoms with Crippen LogP contribution in [0.4, 0.5) is 0 Å². The molecule has 80 valence electrons. The van der Waals surface area contributed by atoms with Gasteiger partial charge in [-0.3, -0.25) is 8.74 Å². The molecule has 1 N–H and O–H groups in total.